The van der Waals surface area contributed by atoms with Crippen molar-refractivity contribution in [2.24, 2.45) is 5.92 Å². The molecule has 0 fully saturated rings. The molecule has 0 amide bonds. The van der Waals surface area contributed by atoms with Gasteiger partial charge in [0.05, 0.1) is 17.6 Å². The summed E-state index contributed by atoms with van der Waals surface area (Å²) in [6, 6.07) is 7.44. The average Bonchev–Trinajstić information content (AvgIpc) is 2.89. The van der Waals surface area contributed by atoms with Crippen LogP contribution in [0.5, 0.6) is 0 Å². The quantitative estimate of drug-likeness (QED) is 0.726. The predicted octanol–water partition coefficient (Wildman–Crippen LogP) is 3.30. The number of aromatic nitrogens is 4. The van der Waals surface area contributed by atoms with Crippen molar-refractivity contribution in [1.29, 1.82) is 0 Å². The first-order valence-electron chi connectivity index (χ1n) is 8.07. The molecule has 0 atom stereocenters. The number of aryl methyl sites for hydroxylation is 2. The highest BCUT2D eigenvalue weighted by molar-refractivity contribution is 5.59. The van der Waals surface area contributed by atoms with Crippen LogP contribution in [0.4, 0.5) is 0 Å². The molecule has 0 radical (unpaired) electrons. The third-order valence-electron chi connectivity index (χ3n) is 4.01. The molecule has 3 heterocycles. The fraction of sp³-hybridized carbons (Fsp3) is 0.389. The van der Waals surface area contributed by atoms with Crippen LogP contribution in [0.3, 0.4) is 0 Å². The molecule has 0 aliphatic rings. The zero-order chi connectivity index (χ0) is 16.4. The molecule has 0 aliphatic heterocycles. The van der Waals surface area contributed by atoms with Crippen LogP contribution < -0.4 is 5.56 Å². The van der Waals surface area contributed by atoms with Gasteiger partial charge in [0, 0.05) is 24.4 Å². The SMILES string of the molecule is Cc1cnc2ccc(-c3ccn(CCCC(C)C)c(=O)c3)nn12. The summed E-state index contributed by atoms with van der Waals surface area (Å²) < 4.78 is 3.57. The summed E-state index contributed by atoms with van der Waals surface area (Å²) in [5, 5.41) is 4.57. The van der Waals surface area contributed by atoms with Gasteiger partial charge in [0.25, 0.3) is 5.56 Å². The molecule has 3 aromatic rings. The topological polar surface area (TPSA) is 52.2 Å². The van der Waals surface area contributed by atoms with Crippen molar-refractivity contribution in [1.82, 2.24) is 19.2 Å². The first-order valence-corrected chi connectivity index (χ1v) is 8.07. The number of rotatable bonds is 5. The second-order valence-corrected chi connectivity index (χ2v) is 6.37. The van der Waals surface area contributed by atoms with E-state index in [0.29, 0.717) is 5.92 Å². The van der Waals surface area contributed by atoms with Gasteiger partial charge in [-0.3, -0.25) is 4.79 Å². The van der Waals surface area contributed by atoms with Crippen molar-refractivity contribution in [2.75, 3.05) is 0 Å². The number of hydrogen-bond donors (Lipinski definition) is 0. The van der Waals surface area contributed by atoms with E-state index in [4.69, 9.17) is 0 Å². The number of nitrogens with zero attached hydrogens (tertiary/aromatic N) is 4. The van der Waals surface area contributed by atoms with E-state index in [2.05, 4.69) is 23.9 Å². The van der Waals surface area contributed by atoms with E-state index in [1.807, 2.05) is 31.3 Å². The molecule has 0 spiro atoms. The Morgan fingerprint density at radius 2 is 2.04 bits per heavy atom. The molecular weight excluding hydrogens is 288 g/mol. The van der Waals surface area contributed by atoms with Crippen molar-refractivity contribution in [3.8, 4) is 11.3 Å². The third-order valence-corrected chi connectivity index (χ3v) is 4.01. The van der Waals surface area contributed by atoms with Gasteiger partial charge in [0.1, 0.15) is 0 Å². The Morgan fingerprint density at radius 3 is 2.78 bits per heavy atom. The Balaban J connectivity index is 1.86. The van der Waals surface area contributed by atoms with E-state index in [-0.39, 0.29) is 5.56 Å². The molecule has 120 valence electrons. The van der Waals surface area contributed by atoms with Gasteiger partial charge in [-0.1, -0.05) is 13.8 Å². The van der Waals surface area contributed by atoms with Gasteiger partial charge in [-0.15, -0.1) is 0 Å². The van der Waals surface area contributed by atoms with Crippen LogP contribution in [0.2, 0.25) is 0 Å². The van der Waals surface area contributed by atoms with E-state index in [0.717, 1.165) is 42.0 Å². The maximum atomic E-state index is 12.3. The van der Waals surface area contributed by atoms with Crippen LogP contribution in [0.15, 0.2) is 41.5 Å². The molecule has 0 bridgehead atoms. The number of imidazole rings is 1. The molecule has 0 aromatic carbocycles. The van der Waals surface area contributed by atoms with Gasteiger partial charge < -0.3 is 4.57 Å². The fourth-order valence-corrected chi connectivity index (χ4v) is 2.66. The lowest BCUT2D eigenvalue weighted by Gasteiger charge is -2.08. The Hall–Kier alpha value is -2.43. The van der Waals surface area contributed by atoms with Crippen molar-refractivity contribution < 1.29 is 0 Å². The molecule has 5 nitrogen and oxygen atoms in total. The van der Waals surface area contributed by atoms with Gasteiger partial charge in [-0.05, 0) is 43.9 Å². The largest absolute Gasteiger partial charge is 0.316 e. The van der Waals surface area contributed by atoms with Crippen molar-refractivity contribution in [3.63, 3.8) is 0 Å². The number of pyridine rings is 1. The summed E-state index contributed by atoms with van der Waals surface area (Å²) in [4.78, 5) is 16.6. The second kappa shape index (κ2) is 6.36. The first kappa shape index (κ1) is 15.5. The smallest absolute Gasteiger partial charge is 0.251 e. The lowest BCUT2D eigenvalue weighted by molar-refractivity contribution is 0.506. The van der Waals surface area contributed by atoms with E-state index >= 15 is 0 Å². The van der Waals surface area contributed by atoms with E-state index < -0.39 is 0 Å². The molecule has 0 aliphatic carbocycles. The van der Waals surface area contributed by atoms with Crippen molar-refractivity contribution >= 4 is 5.65 Å². The van der Waals surface area contributed by atoms with Gasteiger partial charge in [-0.25, -0.2) is 9.50 Å². The van der Waals surface area contributed by atoms with E-state index in [9.17, 15) is 4.79 Å². The van der Waals surface area contributed by atoms with Gasteiger partial charge in [0.2, 0.25) is 0 Å². The Morgan fingerprint density at radius 1 is 1.22 bits per heavy atom. The lowest BCUT2D eigenvalue weighted by atomic mass is 10.1. The van der Waals surface area contributed by atoms with E-state index in [1.165, 1.54) is 0 Å². The van der Waals surface area contributed by atoms with Crippen LogP contribution in [-0.4, -0.2) is 19.2 Å². The summed E-state index contributed by atoms with van der Waals surface area (Å²) in [5.74, 6) is 0.666. The molecule has 0 saturated heterocycles. The number of fused-ring (bicyclic) bond motifs is 1. The maximum Gasteiger partial charge on any atom is 0.251 e. The van der Waals surface area contributed by atoms with Gasteiger partial charge >= 0.3 is 0 Å². The summed E-state index contributed by atoms with van der Waals surface area (Å²) in [5.41, 5.74) is 3.43. The molecule has 0 saturated carbocycles. The van der Waals surface area contributed by atoms with Crippen LogP contribution >= 0.6 is 0 Å². The summed E-state index contributed by atoms with van der Waals surface area (Å²) >= 11 is 0. The molecule has 0 N–H and O–H groups in total. The third kappa shape index (κ3) is 3.33. The van der Waals surface area contributed by atoms with Gasteiger partial charge in [0.15, 0.2) is 5.65 Å². The van der Waals surface area contributed by atoms with Crippen LogP contribution in [0.1, 0.15) is 32.4 Å². The fourth-order valence-electron chi connectivity index (χ4n) is 2.66. The first-order chi connectivity index (χ1) is 11.0. The van der Waals surface area contributed by atoms with Crippen molar-refractivity contribution in [2.45, 2.75) is 40.2 Å². The zero-order valence-electron chi connectivity index (χ0n) is 13.9. The highest BCUT2D eigenvalue weighted by Gasteiger charge is 2.06. The molecular formula is C18H22N4O. The molecule has 3 rings (SSSR count). The Bertz CT molecular complexity index is 876. The van der Waals surface area contributed by atoms with Crippen LogP contribution in [0.25, 0.3) is 16.9 Å². The van der Waals surface area contributed by atoms with Gasteiger partial charge in [-0.2, -0.15) is 5.10 Å². The minimum absolute atomic E-state index is 0.0236. The Kier molecular flexibility index (Phi) is 4.28. The van der Waals surface area contributed by atoms with E-state index in [1.54, 1.807) is 21.3 Å². The second-order valence-electron chi connectivity index (χ2n) is 6.37. The summed E-state index contributed by atoms with van der Waals surface area (Å²) in [6.45, 7) is 7.13. The Labute approximate surface area is 135 Å². The minimum Gasteiger partial charge on any atom is -0.316 e. The highest BCUT2D eigenvalue weighted by atomic mass is 16.1. The molecule has 5 heteroatoms. The zero-order valence-corrected chi connectivity index (χ0v) is 13.9. The molecule has 3 aromatic heterocycles. The van der Waals surface area contributed by atoms with Crippen molar-refractivity contribution in [3.05, 3.63) is 52.7 Å². The summed E-state index contributed by atoms with van der Waals surface area (Å²) in [7, 11) is 0. The maximum absolute atomic E-state index is 12.3. The summed E-state index contributed by atoms with van der Waals surface area (Å²) in [6.07, 6.45) is 5.81. The van der Waals surface area contributed by atoms with Crippen LogP contribution in [0, 0.1) is 12.8 Å². The highest BCUT2D eigenvalue weighted by Crippen LogP contribution is 2.16. The molecule has 0 unspecified atom stereocenters. The van der Waals surface area contributed by atoms with Crippen LogP contribution in [-0.2, 0) is 6.54 Å². The predicted molar refractivity (Wildman–Crippen MR) is 91.5 cm³/mol. The monoisotopic (exact) mass is 310 g/mol. The lowest BCUT2D eigenvalue weighted by Crippen LogP contribution is -2.19. The normalized spacial score (nSPS) is 11.5. The minimum atomic E-state index is 0.0236. The number of hydrogen-bond acceptors (Lipinski definition) is 3. The molecule has 23 heavy (non-hydrogen) atoms. The average molecular weight is 310 g/mol. The standard InChI is InChI=1S/C18H22N4O/c1-13(2)5-4-9-21-10-8-15(11-18(21)23)16-6-7-17-19-12-14(3)22(17)20-16/h6-8,10-13H,4-5,9H2,1-3H3.